The van der Waals surface area contributed by atoms with Crippen LogP contribution in [0.5, 0.6) is 5.75 Å². The van der Waals surface area contributed by atoms with E-state index in [0.717, 1.165) is 36.1 Å². The van der Waals surface area contributed by atoms with Gasteiger partial charge in [-0.05, 0) is 43.0 Å². The van der Waals surface area contributed by atoms with Crippen molar-refractivity contribution in [2.24, 2.45) is 0 Å². The van der Waals surface area contributed by atoms with Crippen molar-refractivity contribution in [2.45, 2.75) is 31.2 Å². The first kappa shape index (κ1) is 16.1. The first-order valence-corrected chi connectivity index (χ1v) is 9.22. The maximum Gasteiger partial charge on any atom is 0.251 e. The van der Waals surface area contributed by atoms with Crippen LogP contribution in [0.2, 0.25) is 0 Å². The summed E-state index contributed by atoms with van der Waals surface area (Å²) in [4.78, 5) is 17.0. The highest BCUT2D eigenvalue weighted by atomic mass is 16.5. The average Bonchev–Trinajstić information content (AvgIpc) is 3.45. The Bertz CT molecular complexity index is 976. The third-order valence-electron chi connectivity index (χ3n) is 4.99. The molecule has 1 aliphatic carbocycles. The number of carbonyl (C=O) groups is 1. The van der Waals surface area contributed by atoms with Gasteiger partial charge in [0.1, 0.15) is 12.4 Å². The number of fused-ring (bicyclic) bond motifs is 1. The van der Waals surface area contributed by atoms with Gasteiger partial charge in [0.05, 0.1) is 6.04 Å². The molecule has 27 heavy (non-hydrogen) atoms. The van der Waals surface area contributed by atoms with E-state index in [1.165, 1.54) is 0 Å². The van der Waals surface area contributed by atoms with Crippen molar-refractivity contribution in [3.8, 4) is 17.1 Å². The van der Waals surface area contributed by atoms with Gasteiger partial charge >= 0.3 is 0 Å². The summed E-state index contributed by atoms with van der Waals surface area (Å²) in [7, 11) is 0. The summed E-state index contributed by atoms with van der Waals surface area (Å²) in [5.41, 5.74) is 2.56. The highest BCUT2D eigenvalue weighted by Gasteiger charge is 2.29. The van der Waals surface area contributed by atoms with Crippen LogP contribution in [0.15, 0.2) is 53.1 Å². The first-order chi connectivity index (χ1) is 13.3. The van der Waals surface area contributed by atoms with Gasteiger partial charge in [-0.1, -0.05) is 35.5 Å². The van der Waals surface area contributed by atoms with Gasteiger partial charge in [0, 0.05) is 17.0 Å². The van der Waals surface area contributed by atoms with Gasteiger partial charge in [0.25, 0.3) is 5.91 Å². The van der Waals surface area contributed by atoms with Crippen molar-refractivity contribution in [1.82, 2.24) is 15.5 Å². The molecule has 6 nitrogen and oxygen atoms in total. The normalized spacial score (nSPS) is 18.4. The number of amides is 1. The summed E-state index contributed by atoms with van der Waals surface area (Å²) in [6, 6.07) is 15.2. The topological polar surface area (TPSA) is 77.2 Å². The molecule has 1 atom stereocenters. The predicted octanol–water partition coefficient (Wildman–Crippen LogP) is 3.35. The van der Waals surface area contributed by atoms with Crippen LogP contribution in [0.25, 0.3) is 11.4 Å². The quantitative estimate of drug-likeness (QED) is 0.771. The number of carbonyl (C=O) groups excluding carboxylic acids is 1. The third-order valence-corrected chi connectivity index (χ3v) is 4.99. The lowest BCUT2D eigenvalue weighted by molar-refractivity contribution is 0.0915. The molecular weight excluding hydrogens is 342 g/mol. The lowest BCUT2D eigenvalue weighted by Gasteiger charge is -2.26. The second kappa shape index (κ2) is 6.54. The van der Waals surface area contributed by atoms with Crippen LogP contribution >= 0.6 is 0 Å². The van der Waals surface area contributed by atoms with E-state index in [2.05, 4.69) is 15.5 Å². The fourth-order valence-electron chi connectivity index (χ4n) is 3.31. The Balaban J connectivity index is 1.25. The minimum Gasteiger partial charge on any atom is -0.491 e. The Kier molecular flexibility index (Phi) is 3.89. The van der Waals surface area contributed by atoms with Crippen molar-refractivity contribution in [2.75, 3.05) is 6.61 Å². The van der Waals surface area contributed by atoms with Crippen molar-refractivity contribution in [3.63, 3.8) is 0 Å². The number of nitrogens with one attached hydrogen (secondary N) is 1. The molecule has 1 fully saturated rings. The summed E-state index contributed by atoms with van der Waals surface area (Å²) in [5.74, 6) is 2.50. The number of benzene rings is 2. The van der Waals surface area contributed by atoms with E-state index in [0.29, 0.717) is 29.8 Å². The summed E-state index contributed by atoms with van der Waals surface area (Å²) in [6.45, 7) is 0.480. The van der Waals surface area contributed by atoms with Gasteiger partial charge in [-0.3, -0.25) is 4.79 Å². The van der Waals surface area contributed by atoms with Crippen LogP contribution in [0, 0.1) is 0 Å². The number of rotatable bonds is 4. The number of hydrogen-bond acceptors (Lipinski definition) is 5. The molecule has 2 aromatic carbocycles. The Morgan fingerprint density at radius 2 is 1.89 bits per heavy atom. The molecule has 1 saturated carbocycles. The smallest absolute Gasteiger partial charge is 0.251 e. The van der Waals surface area contributed by atoms with E-state index in [-0.39, 0.29) is 11.9 Å². The van der Waals surface area contributed by atoms with Crippen LogP contribution in [0.4, 0.5) is 0 Å². The van der Waals surface area contributed by atoms with E-state index in [1.54, 1.807) is 12.1 Å². The molecule has 6 heteroatoms. The average molecular weight is 361 g/mol. The predicted molar refractivity (Wildman–Crippen MR) is 98.6 cm³/mol. The largest absolute Gasteiger partial charge is 0.491 e. The Hall–Kier alpha value is -3.15. The number of aromatic nitrogens is 2. The van der Waals surface area contributed by atoms with Gasteiger partial charge in [-0.25, -0.2) is 0 Å². The third kappa shape index (κ3) is 3.30. The van der Waals surface area contributed by atoms with Gasteiger partial charge < -0.3 is 14.6 Å². The van der Waals surface area contributed by atoms with Crippen LogP contribution in [0.1, 0.15) is 40.6 Å². The maximum absolute atomic E-state index is 12.6. The number of ether oxygens (including phenoxy) is 1. The SMILES string of the molecule is O=C(N[C@H]1COc2ccccc2C1)c1ccc(-c2noc(C3CC3)n2)cc1. The van der Waals surface area contributed by atoms with Gasteiger partial charge in [-0.2, -0.15) is 4.98 Å². The highest BCUT2D eigenvalue weighted by molar-refractivity contribution is 5.94. The Morgan fingerprint density at radius 3 is 2.70 bits per heavy atom. The Labute approximate surface area is 156 Å². The molecule has 0 bridgehead atoms. The van der Waals surface area contributed by atoms with Gasteiger partial charge in [-0.15, -0.1) is 0 Å². The summed E-state index contributed by atoms with van der Waals surface area (Å²) >= 11 is 0. The van der Waals surface area contributed by atoms with Crippen LogP contribution in [-0.2, 0) is 6.42 Å². The van der Waals surface area contributed by atoms with E-state index in [4.69, 9.17) is 9.26 Å². The monoisotopic (exact) mass is 361 g/mol. The lowest BCUT2D eigenvalue weighted by Crippen LogP contribution is -2.42. The molecule has 0 unspecified atom stereocenters. The molecule has 0 saturated heterocycles. The standard InChI is InChI=1S/C21H19N3O3/c25-20(22-17-11-16-3-1-2-4-18(16)26-12-17)14-7-5-13(6-8-14)19-23-21(27-24-19)15-9-10-15/h1-8,15,17H,9-12H2,(H,22,25)/t17-/m1/s1. The van der Waals surface area contributed by atoms with Crippen LogP contribution in [-0.4, -0.2) is 28.7 Å². The molecule has 5 rings (SSSR count). The molecule has 2 aliphatic rings. The molecule has 1 N–H and O–H groups in total. The van der Waals surface area contributed by atoms with Crippen LogP contribution < -0.4 is 10.1 Å². The fraction of sp³-hybridized carbons (Fsp3) is 0.286. The summed E-state index contributed by atoms with van der Waals surface area (Å²) < 4.78 is 11.0. The van der Waals surface area contributed by atoms with Crippen molar-refractivity contribution in [3.05, 3.63) is 65.5 Å². The van der Waals surface area contributed by atoms with Gasteiger partial charge in [0.2, 0.25) is 11.7 Å². The van der Waals surface area contributed by atoms with E-state index in [9.17, 15) is 4.79 Å². The van der Waals surface area contributed by atoms with E-state index in [1.807, 2.05) is 36.4 Å². The zero-order valence-electron chi connectivity index (χ0n) is 14.7. The minimum atomic E-state index is -0.110. The molecule has 1 amide bonds. The molecule has 0 radical (unpaired) electrons. The molecule has 2 heterocycles. The second-order valence-corrected chi connectivity index (χ2v) is 7.10. The van der Waals surface area contributed by atoms with Crippen molar-refractivity contribution >= 4 is 5.91 Å². The zero-order chi connectivity index (χ0) is 18.2. The first-order valence-electron chi connectivity index (χ1n) is 9.22. The number of hydrogen-bond donors (Lipinski definition) is 1. The maximum atomic E-state index is 12.6. The molecule has 136 valence electrons. The second-order valence-electron chi connectivity index (χ2n) is 7.10. The highest BCUT2D eigenvalue weighted by Crippen LogP contribution is 2.39. The van der Waals surface area contributed by atoms with Crippen LogP contribution in [0.3, 0.4) is 0 Å². The van der Waals surface area contributed by atoms with E-state index >= 15 is 0 Å². The minimum absolute atomic E-state index is 0.0367. The Morgan fingerprint density at radius 1 is 1.07 bits per heavy atom. The number of para-hydroxylation sites is 1. The lowest BCUT2D eigenvalue weighted by atomic mass is 10.0. The molecule has 1 aromatic heterocycles. The van der Waals surface area contributed by atoms with Crippen molar-refractivity contribution < 1.29 is 14.1 Å². The fourth-order valence-corrected chi connectivity index (χ4v) is 3.31. The number of nitrogens with zero attached hydrogens (tertiary/aromatic N) is 2. The van der Waals surface area contributed by atoms with Crippen molar-refractivity contribution in [1.29, 1.82) is 0 Å². The molecule has 0 spiro atoms. The van der Waals surface area contributed by atoms with E-state index < -0.39 is 0 Å². The molecule has 3 aromatic rings. The summed E-state index contributed by atoms with van der Waals surface area (Å²) in [5, 5.41) is 7.08. The van der Waals surface area contributed by atoms with Gasteiger partial charge in [0.15, 0.2) is 0 Å². The zero-order valence-corrected chi connectivity index (χ0v) is 14.7. The summed E-state index contributed by atoms with van der Waals surface area (Å²) in [6.07, 6.45) is 3.01. The molecule has 1 aliphatic heterocycles. The molecular formula is C21H19N3O3.